The molecular formula is C15H21N3O2. The van der Waals surface area contributed by atoms with Crippen LogP contribution in [0.25, 0.3) is 12.3 Å². The number of hydrogen-bond donors (Lipinski definition) is 1. The van der Waals surface area contributed by atoms with Gasteiger partial charge in [0.2, 0.25) is 11.8 Å². The van der Waals surface area contributed by atoms with Crippen LogP contribution in [0.3, 0.4) is 0 Å². The summed E-state index contributed by atoms with van der Waals surface area (Å²) in [5, 5.41) is 6.52. The van der Waals surface area contributed by atoms with Gasteiger partial charge in [0, 0.05) is 18.2 Å². The summed E-state index contributed by atoms with van der Waals surface area (Å²) < 4.78 is 1.62. The molecule has 2 heterocycles. The molecule has 108 valence electrons. The molecule has 0 bridgehead atoms. The SMILES string of the molecule is C=Cn1ncc(C2CCC(=O)NC2=O)c1/C=C\C.CC. The number of aromatic nitrogens is 2. The van der Waals surface area contributed by atoms with E-state index in [1.807, 2.05) is 32.9 Å². The van der Waals surface area contributed by atoms with Crippen LogP contribution in [0.2, 0.25) is 0 Å². The van der Waals surface area contributed by atoms with E-state index in [1.54, 1.807) is 17.1 Å². The number of nitrogens with zero attached hydrogens (tertiary/aromatic N) is 2. The molecule has 1 saturated heterocycles. The molecule has 0 aliphatic carbocycles. The second-order valence-corrected chi connectivity index (χ2v) is 4.12. The van der Waals surface area contributed by atoms with Gasteiger partial charge >= 0.3 is 0 Å². The molecule has 1 aliphatic rings. The fourth-order valence-electron chi connectivity index (χ4n) is 2.12. The van der Waals surface area contributed by atoms with Gasteiger partial charge in [0.1, 0.15) is 0 Å². The minimum atomic E-state index is -0.317. The summed E-state index contributed by atoms with van der Waals surface area (Å²) in [6.07, 6.45) is 7.91. The number of allylic oxidation sites excluding steroid dienone is 1. The van der Waals surface area contributed by atoms with Gasteiger partial charge in [0.05, 0.1) is 17.8 Å². The zero-order chi connectivity index (χ0) is 15.1. The first-order chi connectivity index (χ1) is 9.67. The predicted molar refractivity (Wildman–Crippen MR) is 79.8 cm³/mol. The lowest BCUT2D eigenvalue weighted by atomic mass is 9.90. The van der Waals surface area contributed by atoms with Crippen molar-refractivity contribution in [2.45, 2.75) is 39.5 Å². The lowest BCUT2D eigenvalue weighted by Gasteiger charge is -2.20. The summed E-state index contributed by atoms with van der Waals surface area (Å²) in [6, 6.07) is 0. The molecule has 1 atom stereocenters. The van der Waals surface area contributed by atoms with Gasteiger partial charge in [-0.1, -0.05) is 26.5 Å². The number of imide groups is 1. The van der Waals surface area contributed by atoms with Crippen molar-refractivity contribution in [1.29, 1.82) is 0 Å². The van der Waals surface area contributed by atoms with Gasteiger partial charge in [0.25, 0.3) is 0 Å². The summed E-state index contributed by atoms with van der Waals surface area (Å²) in [5.41, 5.74) is 1.67. The number of piperidine rings is 1. The Morgan fingerprint density at radius 1 is 1.45 bits per heavy atom. The summed E-state index contributed by atoms with van der Waals surface area (Å²) in [5.74, 6) is -0.775. The number of hydrogen-bond acceptors (Lipinski definition) is 3. The maximum absolute atomic E-state index is 11.8. The minimum absolute atomic E-state index is 0.208. The Morgan fingerprint density at radius 3 is 2.70 bits per heavy atom. The second-order valence-electron chi connectivity index (χ2n) is 4.12. The van der Waals surface area contributed by atoms with Crippen LogP contribution in [0.15, 0.2) is 18.9 Å². The smallest absolute Gasteiger partial charge is 0.234 e. The van der Waals surface area contributed by atoms with Crippen molar-refractivity contribution >= 4 is 24.1 Å². The van der Waals surface area contributed by atoms with Gasteiger partial charge in [0.15, 0.2) is 0 Å². The van der Waals surface area contributed by atoms with Crippen LogP contribution in [0.4, 0.5) is 0 Å². The van der Waals surface area contributed by atoms with Crippen molar-refractivity contribution < 1.29 is 9.59 Å². The van der Waals surface area contributed by atoms with Crippen molar-refractivity contribution in [3.63, 3.8) is 0 Å². The van der Waals surface area contributed by atoms with E-state index in [4.69, 9.17) is 0 Å². The average molecular weight is 275 g/mol. The molecule has 5 nitrogen and oxygen atoms in total. The van der Waals surface area contributed by atoms with Gasteiger partial charge in [-0.05, 0) is 19.4 Å². The summed E-state index contributed by atoms with van der Waals surface area (Å²) in [7, 11) is 0. The van der Waals surface area contributed by atoms with E-state index < -0.39 is 0 Å². The van der Waals surface area contributed by atoms with Crippen LogP contribution in [0, 0.1) is 0 Å². The highest BCUT2D eigenvalue weighted by Crippen LogP contribution is 2.28. The third kappa shape index (κ3) is 3.23. The lowest BCUT2D eigenvalue weighted by molar-refractivity contribution is -0.134. The maximum Gasteiger partial charge on any atom is 0.234 e. The van der Waals surface area contributed by atoms with Crippen LogP contribution in [-0.4, -0.2) is 21.6 Å². The molecule has 1 N–H and O–H groups in total. The van der Waals surface area contributed by atoms with Crippen molar-refractivity contribution in [3.8, 4) is 0 Å². The predicted octanol–water partition coefficient (Wildman–Crippen LogP) is 2.56. The standard InChI is InChI=1S/C13H15N3O2.C2H6/c1-3-5-11-10(8-14-16(11)4-2)9-6-7-12(17)15-13(9)18;1-2/h3-5,8-9H,2,6-7H2,1H3,(H,15,17,18);1-2H3/b5-3-;. The molecule has 0 saturated carbocycles. The summed E-state index contributed by atoms with van der Waals surface area (Å²) in [6.45, 7) is 9.57. The van der Waals surface area contributed by atoms with E-state index >= 15 is 0 Å². The Balaban J connectivity index is 0.000000956. The average Bonchev–Trinajstić information content (AvgIpc) is 2.84. The van der Waals surface area contributed by atoms with E-state index in [-0.39, 0.29) is 17.7 Å². The van der Waals surface area contributed by atoms with E-state index in [0.717, 1.165) is 11.3 Å². The van der Waals surface area contributed by atoms with Crippen molar-refractivity contribution in [2.24, 2.45) is 0 Å². The molecule has 20 heavy (non-hydrogen) atoms. The van der Waals surface area contributed by atoms with Gasteiger partial charge in [-0.2, -0.15) is 5.10 Å². The van der Waals surface area contributed by atoms with Crippen molar-refractivity contribution in [1.82, 2.24) is 15.1 Å². The number of rotatable bonds is 3. The largest absolute Gasteiger partial charge is 0.296 e. The van der Waals surface area contributed by atoms with Crippen LogP contribution < -0.4 is 5.32 Å². The zero-order valence-electron chi connectivity index (χ0n) is 12.2. The Labute approximate surface area is 119 Å². The Kier molecular flexibility index (Phi) is 5.90. The molecule has 5 heteroatoms. The highest BCUT2D eigenvalue weighted by molar-refractivity contribution is 6.01. The fraction of sp³-hybridized carbons (Fsp3) is 0.400. The van der Waals surface area contributed by atoms with Crippen molar-refractivity contribution in [2.75, 3.05) is 0 Å². The normalized spacial score (nSPS) is 18.4. The van der Waals surface area contributed by atoms with Crippen molar-refractivity contribution in [3.05, 3.63) is 30.1 Å². The quantitative estimate of drug-likeness (QED) is 0.862. The van der Waals surface area contributed by atoms with E-state index in [9.17, 15) is 9.59 Å². The molecule has 0 spiro atoms. The van der Waals surface area contributed by atoms with Gasteiger partial charge < -0.3 is 0 Å². The third-order valence-corrected chi connectivity index (χ3v) is 2.98. The van der Waals surface area contributed by atoms with E-state index in [1.165, 1.54) is 0 Å². The summed E-state index contributed by atoms with van der Waals surface area (Å²) >= 11 is 0. The second kappa shape index (κ2) is 7.43. The fourth-order valence-corrected chi connectivity index (χ4v) is 2.12. The highest BCUT2D eigenvalue weighted by Gasteiger charge is 2.30. The lowest BCUT2D eigenvalue weighted by Crippen LogP contribution is -2.39. The molecule has 2 amide bonds. The minimum Gasteiger partial charge on any atom is -0.296 e. The van der Waals surface area contributed by atoms with E-state index in [2.05, 4.69) is 17.0 Å². The molecule has 1 aliphatic heterocycles. The van der Waals surface area contributed by atoms with E-state index in [0.29, 0.717) is 12.8 Å². The molecule has 1 aromatic heterocycles. The number of nitrogens with one attached hydrogen (secondary N) is 1. The molecule has 1 fully saturated rings. The topological polar surface area (TPSA) is 64.0 Å². The van der Waals surface area contributed by atoms with Gasteiger partial charge in [-0.3, -0.25) is 14.9 Å². The molecule has 1 unspecified atom stereocenters. The molecular weight excluding hydrogens is 254 g/mol. The Hall–Kier alpha value is -2.17. The Bertz CT molecular complexity index is 529. The molecule has 1 aromatic rings. The van der Waals surface area contributed by atoms with Crippen LogP contribution in [0.1, 0.15) is 50.8 Å². The Morgan fingerprint density at radius 2 is 2.15 bits per heavy atom. The third-order valence-electron chi connectivity index (χ3n) is 2.98. The van der Waals surface area contributed by atoms with Crippen LogP contribution in [0.5, 0.6) is 0 Å². The number of carbonyl (C=O) groups excluding carboxylic acids is 2. The summed E-state index contributed by atoms with van der Waals surface area (Å²) in [4.78, 5) is 23.0. The highest BCUT2D eigenvalue weighted by atomic mass is 16.2. The molecule has 0 aromatic carbocycles. The monoisotopic (exact) mass is 275 g/mol. The van der Waals surface area contributed by atoms with Crippen LogP contribution >= 0.6 is 0 Å². The zero-order valence-corrected chi connectivity index (χ0v) is 12.2. The molecule has 0 radical (unpaired) electrons. The molecule has 2 rings (SSSR count). The number of amides is 2. The van der Waals surface area contributed by atoms with Gasteiger partial charge in [-0.15, -0.1) is 0 Å². The van der Waals surface area contributed by atoms with Crippen LogP contribution in [-0.2, 0) is 9.59 Å². The maximum atomic E-state index is 11.8. The number of carbonyl (C=O) groups is 2. The first kappa shape index (κ1) is 15.9. The first-order valence-electron chi connectivity index (χ1n) is 6.83. The first-order valence-corrected chi connectivity index (χ1v) is 6.83. The van der Waals surface area contributed by atoms with Gasteiger partial charge in [-0.25, -0.2) is 4.68 Å².